The minimum Gasteiger partial charge on any atom is -0.492 e. The number of anilines is 1. The normalized spacial score (nSPS) is 12.4. The maximum absolute atomic E-state index is 13.5. The summed E-state index contributed by atoms with van der Waals surface area (Å²) >= 11 is 1.11. The van der Waals surface area contributed by atoms with Crippen LogP contribution in [0.1, 0.15) is 42.3 Å². The van der Waals surface area contributed by atoms with Crippen molar-refractivity contribution in [2.24, 2.45) is 0 Å². The fourth-order valence-corrected chi connectivity index (χ4v) is 4.61. The fourth-order valence-electron chi connectivity index (χ4n) is 3.60. The Morgan fingerprint density at radius 2 is 1.56 bits per heavy atom. The number of hydrogen-bond acceptors (Lipinski definition) is 5. The topological polar surface area (TPSA) is 45.7 Å². The van der Waals surface area contributed by atoms with E-state index >= 15 is 0 Å². The van der Waals surface area contributed by atoms with Gasteiger partial charge >= 0.3 is 12.4 Å². The van der Waals surface area contributed by atoms with Crippen LogP contribution in [0.5, 0.6) is 5.75 Å². The number of hydrogen-bond donors (Lipinski definition) is 0. The summed E-state index contributed by atoms with van der Waals surface area (Å²) in [6.45, 7) is 7.62. The van der Waals surface area contributed by atoms with Crippen molar-refractivity contribution < 1.29 is 35.9 Å². The number of carbonyl (C=O) groups is 1. The molecule has 0 aliphatic rings. The summed E-state index contributed by atoms with van der Waals surface area (Å²) in [5.41, 5.74) is -3.36. The van der Waals surface area contributed by atoms with E-state index in [2.05, 4.69) is 4.98 Å². The van der Waals surface area contributed by atoms with Gasteiger partial charge in [-0.1, -0.05) is 31.3 Å². The summed E-state index contributed by atoms with van der Waals surface area (Å²) in [7, 11) is 0. The van der Waals surface area contributed by atoms with Gasteiger partial charge in [0.25, 0.3) is 5.91 Å². The quantitative estimate of drug-likeness (QED) is 0.287. The van der Waals surface area contributed by atoms with Crippen LogP contribution in [0.2, 0.25) is 0 Å². The maximum Gasteiger partial charge on any atom is 0.416 e. The van der Waals surface area contributed by atoms with Crippen molar-refractivity contribution in [3.63, 3.8) is 0 Å². The summed E-state index contributed by atoms with van der Waals surface area (Å²) in [4.78, 5) is 21.1. The Labute approximate surface area is 208 Å². The van der Waals surface area contributed by atoms with Gasteiger partial charge in [-0.2, -0.15) is 26.3 Å². The van der Waals surface area contributed by atoms with E-state index in [9.17, 15) is 31.1 Å². The fraction of sp³-hybridized carbons (Fsp3) is 0.417. The van der Waals surface area contributed by atoms with Crippen LogP contribution >= 0.6 is 11.3 Å². The summed E-state index contributed by atoms with van der Waals surface area (Å²) in [5, 5.41) is 0.153. The van der Waals surface area contributed by atoms with Crippen LogP contribution in [0, 0.1) is 0 Å². The van der Waals surface area contributed by atoms with Gasteiger partial charge in [0.05, 0.1) is 22.4 Å². The summed E-state index contributed by atoms with van der Waals surface area (Å²) < 4.78 is 86.7. The Kier molecular flexibility index (Phi) is 8.50. The number of nitrogens with zero attached hydrogens (tertiary/aromatic N) is 3. The van der Waals surface area contributed by atoms with Crippen molar-refractivity contribution in [2.45, 2.75) is 33.1 Å². The van der Waals surface area contributed by atoms with Crippen LogP contribution in [0.15, 0.2) is 36.4 Å². The van der Waals surface area contributed by atoms with Gasteiger partial charge in [-0.25, -0.2) is 4.98 Å². The first kappa shape index (κ1) is 27.7. The molecule has 0 spiro atoms. The molecule has 1 aromatic heterocycles. The molecule has 12 heteroatoms. The first-order valence-electron chi connectivity index (χ1n) is 11.2. The zero-order chi connectivity index (χ0) is 26.7. The monoisotopic (exact) mass is 533 g/mol. The largest absolute Gasteiger partial charge is 0.492 e. The highest BCUT2D eigenvalue weighted by atomic mass is 32.1. The third-order valence-electron chi connectivity index (χ3n) is 5.52. The second kappa shape index (κ2) is 11.0. The molecule has 0 aliphatic carbocycles. The molecule has 5 nitrogen and oxygen atoms in total. The van der Waals surface area contributed by atoms with Crippen LogP contribution in [-0.4, -0.2) is 48.6 Å². The molecule has 2 aromatic carbocycles. The molecular formula is C24H25F6N3O2S. The summed E-state index contributed by atoms with van der Waals surface area (Å²) in [6.07, 6.45) is -10.1. The lowest BCUT2D eigenvalue weighted by Crippen LogP contribution is -2.39. The lowest BCUT2D eigenvalue weighted by molar-refractivity contribution is -0.143. The van der Waals surface area contributed by atoms with E-state index < -0.39 is 35.0 Å². The molecule has 3 aromatic rings. The first-order valence-corrected chi connectivity index (χ1v) is 12.1. The number of alkyl halides is 6. The van der Waals surface area contributed by atoms with Crippen LogP contribution in [0.25, 0.3) is 10.2 Å². The van der Waals surface area contributed by atoms with E-state index in [0.29, 0.717) is 54.3 Å². The number of carbonyl (C=O) groups excluding carboxylic acids is 1. The molecule has 0 atom stereocenters. The average molecular weight is 534 g/mol. The highest BCUT2D eigenvalue weighted by Crippen LogP contribution is 2.38. The van der Waals surface area contributed by atoms with E-state index in [-0.39, 0.29) is 17.7 Å². The number of fused-ring (bicyclic) bond motifs is 1. The zero-order valence-corrected chi connectivity index (χ0v) is 20.7. The molecule has 0 fully saturated rings. The standard InChI is InChI=1S/C24H25F6N3O2S/c1-4-32(5-2)10-11-33(22-31-20-18(35-6-3)8-7-9-19(20)36-22)21(34)15-12-16(23(25,26)27)14-17(13-15)24(28,29)30/h7-9,12-14H,4-6,10-11H2,1-3H3. The molecule has 0 N–H and O–H groups in total. The minimum atomic E-state index is -5.06. The number of rotatable bonds is 9. The predicted molar refractivity (Wildman–Crippen MR) is 127 cm³/mol. The molecule has 0 radical (unpaired) electrons. The number of aromatic nitrogens is 1. The van der Waals surface area contributed by atoms with Crippen molar-refractivity contribution in [3.05, 3.63) is 53.1 Å². The Balaban J connectivity index is 2.12. The van der Waals surface area contributed by atoms with Crippen molar-refractivity contribution in [1.29, 1.82) is 0 Å². The van der Waals surface area contributed by atoms with Crippen LogP contribution < -0.4 is 9.64 Å². The zero-order valence-electron chi connectivity index (χ0n) is 19.8. The second-order valence-electron chi connectivity index (χ2n) is 7.81. The van der Waals surface area contributed by atoms with Gasteiger partial charge in [0.1, 0.15) is 11.3 Å². The van der Waals surface area contributed by atoms with Gasteiger partial charge in [0, 0.05) is 18.7 Å². The molecule has 0 unspecified atom stereocenters. The number of ether oxygens (including phenoxy) is 1. The van der Waals surface area contributed by atoms with Gasteiger partial charge in [-0.15, -0.1) is 0 Å². The van der Waals surface area contributed by atoms with Crippen molar-refractivity contribution in [2.75, 3.05) is 37.7 Å². The van der Waals surface area contributed by atoms with Crippen molar-refractivity contribution >= 4 is 32.6 Å². The number of amides is 1. The molecule has 0 aliphatic heterocycles. The third kappa shape index (κ3) is 6.28. The van der Waals surface area contributed by atoms with E-state index in [1.807, 2.05) is 18.7 Å². The van der Waals surface area contributed by atoms with Gasteiger partial charge in [0.15, 0.2) is 5.13 Å². The Morgan fingerprint density at radius 3 is 2.08 bits per heavy atom. The Bertz CT molecular complexity index is 1170. The van der Waals surface area contributed by atoms with Gasteiger partial charge in [-0.3, -0.25) is 9.69 Å². The van der Waals surface area contributed by atoms with Crippen molar-refractivity contribution in [3.8, 4) is 5.75 Å². The van der Waals surface area contributed by atoms with Gasteiger partial charge in [0.2, 0.25) is 0 Å². The second-order valence-corrected chi connectivity index (χ2v) is 8.82. The van der Waals surface area contributed by atoms with E-state index in [4.69, 9.17) is 4.74 Å². The molecule has 196 valence electrons. The number of benzene rings is 2. The lowest BCUT2D eigenvalue weighted by Gasteiger charge is -2.25. The molecule has 0 saturated carbocycles. The summed E-state index contributed by atoms with van der Waals surface area (Å²) in [5.74, 6) is -0.539. The molecule has 3 rings (SSSR count). The van der Waals surface area contributed by atoms with Crippen LogP contribution in [0.4, 0.5) is 31.5 Å². The van der Waals surface area contributed by atoms with E-state index in [0.717, 1.165) is 16.2 Å². The molecule has 0 bridgehead atoms. The molecule has 1 heterocycles. The summed E-state index contributed by atoms with van der Waals surface area (Å²) in [6, 6.07) is 6.07. The first-order chi connectivity index (χ1) is 16.9. The number of likely N-dealkylation sites (N-methyl/N-ethyl adjacent to an activating group) is 1. The highest BCUT2D eigenvalue weighted by molar-refractivity contribution is 7.22. The highest BCUT2D eigenvalue weighted by Gasteiger charge is 2.38. The van der Waals surface area contributed by atoms with E-state index in [1.165, 1.54) is 0 Å². The SMILES string of the molecule is CCOc1cccc2sc(N(CCN(CC)CC)C(=O)c3cc(C(F)(F)F)cc(C(F)(F)F)c3)nc12. The molecular weight excluding hydrogens is 508 g/mol. The predicted octanol–water partition coefficient (Wildman–Crippen LogP) is 6.72. The smallest absolute Gasteiger partial charge is 0.416 e. The molecule has 1 amide bonds. The van der Waals surface area contributed by atoms with Crippen LogP contribution in [0.3, 0.4) is 0 Å². The van der Waals surface area contributed by atoms with Gasteiger partial charge < -0.3 is 9.64 Å². The number of thiazole rings is 1. The molecule has 36 heavy (non-hydrogen) atoms. The van der Waals surface area contributed by atoms with Crippen molar-refractivity contribution in [1.82, 2.24) is 9.88 Å². The van der Waals surface area contributed by atoms with E-state index in [1.54, 1.807) is 25.1 Å². The molecule has 0 saturated heterocycles. The Hall–Kier alpha value is -2.86. The third-order valence-corrected chi connectivity index (χ3v) is 6.56. The number of halogens is 6. The average Bonchev–Trinajstić information content (AvgIpc) is 3.25. The Morgan fingerprint density at radius 1 is 0.944 bits per heavy atom. The maximum atomic E-state index is 13.5. The minimum absolute atomic E-state index is 0.00305. The van der Waals surface area contributed by atoms with Gasteiger partial charge in [-0.05, 0) is 50.3 Å². The lowest BCUT2D eigenvalue weighted by atomic mass is 10.0. The van der Waals surface area contributed by atoms with Crippen LogP contribution in [-0.2, 0) is 12.4 Å². The number of para-hydroxylation sites is 1.